The van der Waals surface area contributed by atoms with Crippen LogP contribution >= 0.6 is 0 Å². The zero-order chi connectivity index (χ0) is 20.9. The van der Waals surface area contributed by atoms with Crippen molar-refractivity contribution in [2.24, 2.45) is 23.7 Å². The molecule has 2 aliphatic carbocycles. The van der Waals surface area contributed by atoms with Crippen LogP contribution < -0.4 is 4.74 Å². The molecule has 0 spiro atoms. The number of hydrogen-bond acceptors (Lipinski definition) is 1. The molecule has 1 atom stereocenters. The fraction of sp³-hybridized carbons (Fsp3) is 0.586. The van der Waals surface area contributed by atoms with Gasteiger partial charge in [-0.25, -0.2) is 0 Å². The quantitative estimate of drug-likeness (QED) is 0.438. The van der Waals surface area contributed by atoms with Crippen molar-refractivity contribution in [2.75, 3.05) is 6.61 Å². The molecule has 2 aromatic rings. The van der Waals surface area contributed by atoms with Crippen LogP contribution in [-0.4, -0.2) is 6.61 Å². The van der Waals surface area contributed by atoms with E-state index in [1.54, 1.807) is 0 Å². The fourth-order valence-electron chi connectivity index (χ4n) is 6.25. The minimum absolute atomic E-state index is 0.660. The summed E-state index contributed by atoms with van der Waals surface area (Å²) in [4.78, 5) is 0. The molecule has 0 amide bonds. The van der Waals surface area contributed by atoms with Crippen molar-refractivity contribution in [3.05, 3.63) is 54.1 Å². The molecule has 0 radical (unpaired) electrons. The SMILES string of the molecule is C/C=C/C1CCC(C2CCC(C(C)c3ccc4cc(OCC)ccc4c3)CC2)CC1. The Labute approximate surface area is 183 Å². The van der Waals surface area contributed by atoms with E-state index in [1.807, 2.05) is 6.92 Å². The summed E-state index contributed by atoms with van der Waals surface area (Å²) in [6.45, 7) is 7.39. The largest absolute Gasteiger partial charge is 0.494 e. The van der Waals surface area contributed by atoms with Gasteiger partial charge < -0.3 is 4.74 Å². The molecule has 4 rings (SSSR count). The van der Waals surface area contributed by atoms with Crippen LogP contribution in [0, 0.1) is 23.7 Å². The Morgan fingerprint density at radius 2 is 1.50 bits per heavy atom. The number of rotatable bonds is 6. The number of allylic oxidation sites excluding steroid dienone is 2. The van der Waals surface area contributed by atoms with Crippen molar-refractivity contribution < 1.29 is 4.74 Å². The van der Waals surface area contributed by atoms with Gasteiger partial charge in [0, 0.05) is 0 Å². The molecule has 1 unspecified atom stereocenters. The molecule has 30 heavy (non-hydrogen) atoms. The van der Waals surface area contributed by atoms with E-state index in [0.29, 0.717) is 5.92 Å². The summed E-state index contributed by atoms with van der Waals surface area (Å²) in [5.74, 6) is 5.34. The Morgan fingerprint density at radius 1 is 0.867 bits per heavy atom. The molecule has 0 aliphatic heterocycles. The van der Waals surface area contributed by atoms with Crippen LogP contribution in [0.4, 0.5) is 0 Å². The summed E-state index contributed by atoms with van der Waals surface area (Å²) < 4.78 is 5.66. The van der Waals surface area contributed by atoms with Gasteiger partial charge in [-0.05, 0) is 123 Å². The highest BCUT2D eigenvalue weighted by Crippen LogP contribution is 2.45. The van der Waals surface area contributed by atoms with E-state index < -0.39 is 0 Å². The topological polar surface area (TPSA) is 9.23 Å². The lowest BCUT2D eigenvalue weighted by Gasteiger charge is -2.39. The van der Waals surface area contributed by atoms with E-state index in [0.717, 1.165) is 36.0 Å². The smallest absolute Gasteiger partial charge is 0.119 e. The van der Waals surface area contributed by atoms with Gasteiger partial charge in [-0.15, -0.1) is 0 Å². The normalized spacial score (nSPS) is 28.6. The summed E-state index contributed by atoms with van der Waals surface area (Å²) in [6, 6.07) is 13.6. The summed E-state index contributed by atoms with van der Waals surface area (Å²) in [6.07, 6.45) is 16.2. The molecule has 0 N–H and O–H groups in total. The van der Waals surface area contributed by atoms with Gasteiger partial charge in [-0.1, -0.05) is 43.3 Å². The van der Waals surface area contributed by atoms with Crippen LogP contribution in [0.25, 0.3) is 10.8 Å². The number of fused-ring (bicyclic) bond motifs is 1. The van der Waals surface area contributed by atoms with Crippen LogP contribution in [0.2, 0.25) is 0 Å². The summed E-state index contributed by atoms with van der Waals surface area (Å²) in [5.41, 5.74) is 1.52. The van der Waals surface area contributed by atoms with E-state index in [9.17, 15) is 0 Å². The van der Waals surface area contributed by atoms with Crippen LogP contribution in [-0.2, 0) is 0 Å². The van der Waals surface area contributed by atoms with E-state index in [4.69, 9.17) is 4.74 Å². The van der Waals surface area contributed by atoms with Gasteiger partial charge in [0.15, 0.2) is 0 Å². The van der Waals surface area contributed by atoms with Crippen molar-refractivity contribution >= 4 is 10.8 Å². The minimum Gasteiger partial charge on any atom is -0.494 e. The van der Waals surface area contributed by atoms with Crippen molar-refractivity contribution in [2.45, 2.75) is 78.1 Å². The molecule has 2 aliphatic rings. The van der Waals surface area contributed by atoms with E-state index >= 15 is 0 Å². The molecule has 162 valence electrons. The minimum atomic E-state index is 0.660. The average molecular weight is 405 g/mol. The lowest BCUT2D eigenvalue weighted by Crippen LogP contribution is -2.27. The maximum atomic E-state index is 5.66. The maximum absolute atomic E-state index is 5.66. The first-order valence-electron chi connectivity index (χ1n) is 12.5. The molecule has 2 aromatic carbocycles. The molecule has 0 saturated heterocycles. The first kappa shape index (κ1) is 21.5. The Balaban J connectivity index is 1.34. The van der Waals surface area contributed by atoms with Crippen LogP contribution in [0.15, 0.2) is 48.6 Å². The summed E-state index contributed by atoms with van der Waals surface area (Å²) in [5, 5.41) is 2.63. The highest BCUT2D eigenvalue weighted by Gasteiger charge is 2.32. The molecule has 0 aromatic heterocycles. The first-order chi connectivity index (χ1) is 14.7. The van der Waals surface area contributed by atoms with Gasteiger partial charge in [0.25, 0.3) is 0 Å². The first-order valence-corrected chi connectivity index (χ1v) is 12.5. The molecule has 1 nitrogen and oxygen atoms in total. The maximum Gasteiger partial charge on any atom is 0.119 e. The monoisotopic (exact) mass is 404 g/mol. The van der Waals surface area contributed by atoms with Gasteiger partial charge in [-0.3, -0.25) is 0 Å². The Hall–Kier alpha value is -1.76. The van der Waals surface area contributed by atoms with Crippen molar-refractivity contribution in [3.63, 3.8) is 0 Å². The molecule has 2 fully saturated rings. The molecule has 2 saturated carbocycles. The number of ether oxygens (including phenoxy) is 1. The molecular formula is C29H40O. The molecule has 0 heterocycles. The fourth-order valence-corrected chi connectivity index (χ4v) is 6.25. The van der Waals surface area contributed by atoms with Gasteiger partial charge in [-0.2, -0.15) is 0 Å². The third-order valence-electron chi connectivity index (χ3n) is 8.14. The highest BCUT2D eigenvalue weighted by molar-refractivity contribution is 5.84. The van der Waals surface area contributed by atoms with E-state index in [-0.39, 0.29) is 0 Å². The molecular weight excluding hydrogens is 364 g/mol. The van der Waals surface area contributed by atoms with Crippen molar-refractivity contribution in [1.29, 1.82) is 0 Å². The Morgan fingerprint density at radius 3 is 2.17 bits per heavy atom. The van der Waals surface area contributed by atoms with Gasteiger partial charge >= 0.3 is 0 Å². The van der Waals surface area contributed by atoms with Crippen LogP contribution in [0.5, 0.6) is 5.75 Å². The number of benzene rings is 2. The second-order valence-electron chi connectivity index (χ2n) is 9.87. The van der Waals surface area contributed by atoms with Gasteiger partial charge in [0.05, 0.1) is 6.61 Å². The Bertz CT molecular complexity index is 835. The van der Waals surface area contributed by atoms with Gasteiger partial charge in [0.1, 0.15) is 5.75 Å². The third-order valence-corrected chi connectivity index (χ3v) is 8.14. The van der Waals surface area contributed by atoms with Crippen LogP contribution in [0.1, 0.15) is 83.6 Å². The molecule has 1 heteroatoms. The predicted molar refractivity (Wildman–Crippen MR) is 129 cm³/mol. The van der Waals surface area contributed by atoms with E-state index in [2.05, 4.69) is 62.4 Å². The third kappa shape index (κ3) is 4.93. The van der Waals surface area contributed by atoms with Crippen molar-refractivity contribution in [3.8, 4) is 5.75 Å². The molecule has 0 bridgehead atoms. The average Bonchev–Trinajstić information content (AvgIpc) is 2.79. The van der Waals surface area contributed by atoms with Crippen molar-refractivity contribution in [1.82, 2.24) is 0 Å². The summed E-state index contributed by atoms with van der Waals surface area (Å²) in [7, 11) is 0. The zero-order valence-corrected chi connectivity index (χ0v) is 19.3. The Kier molecular flexibility index (Phi) is 7.18. The summed E-state index contributed by atoms with van der Waals surface area (Å²) >= 11 is 0. The second-order valence-corrected chi connectivity index (χ2v) is 9.87. The second kappa shape index (κ2) is 10.0. The lowest BCUT2D eigenvalue weighted by atomic mass is 9.67. The van der Waals surface area contributed by atoms with Crippen LogP contribution in [0.3, 0.4) is 0 Å². The predicted octanol–water partition coefficient (Wildman–Crippen LogP) is 8.53. The lowest BCUT2D eigenvalue weighted by molar-refractivity contribution is 0.148. The number of hydrogen-bond donors (Lipinski definition) is 0. The highest BCUT2D eigenvalue weighted by atomic mass is 16.5. The zero-order valence-electron chi connectivity index (χ0n) is 19.3. The standard InChI is InChI=1S/C29H40O/c1-4-6-22-7-9-24(10-8-22)25-13-11-23(12-14-25)21(3)26-15-16-28-20-29(30-5-2)18-17-27(28)19-26/h4,6,15-25H,5,7-14H2,1-3H3/b6-4+. The van der Waals surface area contributed by atoms with E-state index in [1.165, 1.54) is 67.7 Å². The van der Waals surface area contributed by atoms with Gasteiger partial charge in [0.2, 0.25) is 0 Å².